The lowest BCUT2D eigenvalue weighted by Crippen LogP contribution is -2.14. The number of carbonyl (C=O) groups excluding carboxylic acids is 1. The number of hydrogen-bond donors (Lipinski definition) is 1. The highest BCUT2D eigenvalue weighted by Gasteiger charge is 2.14. The first-order valence-corrected chi connectivity index (χ1v) is 8.33. The Labute approximate surface area is 131 Å². The number of aromatic nitrogens is 1. The molecule has 0 bridgehead atoms. The van der Waals surface area contributed by atoms with Gasteiger partial charge in [0.05, 0.1) is 0 Å². The van der Waals surface area contributed by atoms with Gasteiger partial charge in [-0.2, -0.15) is 11.3 Å². The molecule has 0 aliphatic heterocycles. The Morgan fingerprint density at radius 3 is 2.57 bits per heavy atom. The molecule has 0 spiro atoms. The predicted molar refractivity (Wildman–Crippen MR) is 89.3 cm³/mol. The number of amides is 1. The lowest BCUT2D eigenvalue weighted by Gasteiger charge is -2.10. The van der Waals surface area contributed by atoms with Crippen molar-refractivity contribution in [1.29, 1.82) is 0 Å². The molecule has 1 N–H and O–H groups in total. The maximum absolute atomic E-state index is 12.3. The summed E-state index contributed by atoms with van der Waals surface area (Å²) in [5.74, 6) is -0.162. The van der Waals surface area contributed by atoms with E-state index in [2.05, 4.69) is 10.3 Å². The van der Waals surface area contributed by atoms with E-state index in [9.17, 15) is 4.79 Å². The van der Waals surface area contributed by atoms with Gasteiger partial charge in [-0.1, -0.05) is 18.2 Å². The maximum atomic E-state index is 12.3. The molecule has 0 aliphatic carbocycles. The standard InChI is InChI=1S/C16H14N2OS2/c1-10-4-3-5-11(2)14(10)18-15(19)13-9-21-16(17-13)12-6-7-20-8-12/h3-9H,1-2H3,(H,18,19). The van der Waals surface area contributed by atoms with E-state index in [4.69, 9.17) is 0 Å². The fraction of sp³-hybridized carbons (Fsp3) is 0.125. The van der Waals surface area contributed by atoms with Crippen LogP contribution in [0.3, 0.4) is 0 Å². The summed E-state index contributed by atoms with van der Waals surface area (Å²) in [6, 6.07) is 7.97. The van der Waals surface area contributed by atoms with Crippen molar-refractivity contribution in [3.8, 4) is 10.6 Å². The number of carbonyl (C=O) groups is 1. The lowest BCUT2D eigenvalue weighted by atomic mass is 10.1. The highest BCUT2D eigenvalue weighted by atomic mass is 32.1. The zero-order valence-electron chi connectivity index (χ0n) is 11.7. The number of thiophene rings is 1. The van der Waals surface area contributed by atoms with Crippen LogP contribution in [0.2, 0.25) is 0 Å². The minimum absolute atomic E-state index is 0.162. The smallest absolute Gasteiger partial charge is 0.275 e. The van der Waals surface area contributed by atoms with Crippen LogP contribution in [-0.4, -0.2) is 10.9 Å². The van der Waals surface area contributed by atoms with Crippen molar-refractivity contribution >= 4 is 34.3 Å². The van der Waals surface area contributed by atoms with E-state index in [0.29, 0.717) is 5.69 Å². The van der Waals surface area contributed by atoms with Gasteiger partial charge in [-0.3, -0.25) is 4.79 Å². The second-order valence-corrected chi connectivity index (χ2v) is 6.41. The molecule has 0 radical (unpaired) electrons. The number of para-hydroxylation sites is 1. The van der Waals surface area contributed by atoms with Gasteiger partial charge in [0, 0.05) is 22.0 Å². The monoisotopic (exact) mass is 314 g/mol. The van der Waals surface area contributed by atoms with Gasteiger partial charge in [0.15, 0.2) is 0 Å². The Kier molecular flexibility index (Phi) is 3.86. The third kappa shape index (κ3) is 2.89. The van der Waals surface area contributed by atoms with Crippen LogP contribution in [0.25, 0.3) is 10.6 Å². The molecule has 2 heterocycles. The van der Waals surface area contributed by atoms with Crippen molar-refractivity contribution in [3.63, 3.8) is 0 Å². The summed E-state index contributed by atoms with van der Waals surface area (Å²) < 4.78 is 0. The van der Waals surface area contributed by atoms with Crippen LogP contribution in [0.4, 0.5) is 5.69 Å². The van der Waals surface area contributed by atoms with E-state index >= 15 is 0 Å². The first-order chi connectivity index (χ1) is 10.1. The third-order valence-electron chi connectivity index (χ3n) is 3.22. The van der Waals surface area contributed by atoms with Gasteiger partial charge in [-0.15, -0.1) is 11.3 Å². The largest absolute Gasteiger partial charge is 0.320 e. The molecule has 0 saturated carbocycles. The van der Waals surface area contributed by atoms with Crippen molar-refractivity contribution in [2.24, 2.45) is 0 Å². The molecule has 3 nitrogen and oxygen atoms in total. The average molecular weight is 314 g/mol. The SMILES string of the molecule is Cc1cccc(C)c1NC(=O)c1csc(-c2ccsc2)n1. The van der Waals surface area contributed by atoms with Crippen molar-refractivity contribution < 1.29 is 4.79 Å². The van der Waals surface area contributed by atoms with Gasteiger partial charge in [-0.05, 0) is 36.4 Å². The third-order valence-corrected chi connectivity index (χ3v) is 4.80. The van der Waals surface area contributed by atoms with Crippen LogP contribution >= 0.6 is 22.7 Å². The number of aryl methyl sites for hydroxylation is 2. The summed E-state index contributed by atoms with van der Waals surface area (Å²) in [7, 11) is 0. The number of thiazole rings is 1. The van der Waals surface area contributed by atoms with Crippen LogP contribution in [0.1, 0.15) is 21.6 Å². The van der Waals surface area contributed by atoms with Crippen LogP contribution < -0.4 is 5.32 Å². The molecule has 0 aliphatic rings. The molecule has 3 aromatic rings. The molecule has 5 heteroatoms. The number of nitrogens with zero attached hydrogens (tertiary/aromatic N) is 1. The minimum atomic E-state index is -0.162. The summed E-state index contributed by atoms with van der Waals surface area (Å²) in [4.78, 5) is 16.8. The number of benzene rings is 1. The predicted octanol–water partition coefficient (Wildman–Crippen LogP) is 4.74. The van der Waals surface area contributed by atoms with Crippen molar-refractivity contribution in [2.75, 3.05) is 5.32 Å². The Morgan fingerprint density at radius 1 is 1.14 bits per heavy atom. The fourth-order valence-electron chi connectivity index (χ4n) is 2.09. The number of anilines is 1. The zero-order valence-corrected chi connectivity index (χ0v) is 13.3. The van der Waals surface area contributed by atoms with Crippen molar-refractivity contribution in [1.82, 2.24) is 4.98 Å². The van der Waals surface area contributed by atoms with Crippen LogP contribution in [0.5, 0.6) is 0 Å². The van der Waals surface area contributed by atoms with Gasteiger partial charge in [-0.25, -0.2) is 4.98 Å². The Morgan fingerprint density at radius 2 is 1.90 bits per heavy atom. The Bertz CT molecular complexity index is 755. The van der Waals surface area contributed by atoms with E-state index < -0.39 is 0 Å². The summed E-state index contributed by atoms with van der Waals surface area (Å²) in [5, 5.41) is 9.68. The summed E-state index contributed by atoms with van der Waals surface area (Å²) in [6.45, 7) is 3.97. The number of hydrogen-bond acceptors (Lipinski definition) is 4. The van der Waals surface area contributed by atoms with Crippen LogP contribution in [0.15, 0.2) is 40.4 Å². The molecule has 0 saturated heterocycles. The van der Waals surface area contributed by atoms with Crippen molar-refractivity contribution in [2.45, 2.75) is 13.8 Å². The van der Waals surface area contributed by atoms with Crippen molar-refractivity contribution in [3.05, 3.63) is 57.2 Å². The zero-order chi connectivity index (χ0) is 14.8. The highest BCUT2D eigenvalue weighted by Crippen LogP contribution is 2.26. The molecule has 3 rings (SSSR count). The molecular weight excluding hydrogens is 300 g/mol. The normalized spacial score (nSPS) is 10.6. The van der Waals surface area contributed by atoms with Gasteiger partial charge in [0.25, 0.3) is 5.91 Å². The fourth-order valence-corrected chi connectivity index (χ4v) is 3.60. The first-order valence-electron chi connectivity index (χ1n) is 6.51. The Balaban J connectivity index is 1.83. The average Bonchev–Trinajstić information content (AvgIpc) is 3.12. The van der Waals surface area contributed by atoms with E-state index in [1.54, 1.807) is 16.7 Å². The molecule has 21 heavy (non-hydrogen) atoms. The Hall–Kier alpha value is -1.98. The molecule has 0 atom stereocenters. The number of rotatable bonds is 3. The first kappa shape index (κ1) is 14.0. The van der Waals surface area contributed by atoms with Gasteiger partial charge in [0.1, 0.15) is 10.7 Å². The molecule has 1 amide bonds. The van der Waals surface area contributed by atoms with E-state index in [0.717, 1.165) is 27.4 Å². The quantitative estimate of drug-likeness (QED) is 0.758. The highest BCUT2D eigenvalue weighted by molar-refractivity contribution is 7.14. The summed E-state index contributed by atoms with van der Waals surface area (Å²) in [5.41, 5.74) is 4.50. The lowest BCUT2D eigenvalue weighted by molar-refractivity contribution is 0.102. The summed E-state index contributed by atoms with van der Waals surface area (Å²) >= 11 is 3.11. The molecule has 0 unspecified atom stereocenters. The van der Waals surface area contributed by atoms with E-state index in [1.165, 1.54) is 11.3 Å². The van der Waals surface area contributed by atoms with Crippen LogP contribution in [-0.2, 0) is 0 Å². The number of nitrogens with one attached hydrogen (secondary N) is 1. The molecular formula is C16H14N2OS2. The molecule has 0 fully saturated rings. The van der Waals surface area contributed by atoms with Gasteiger partial charge < -0.3 is 5.32 Å². The second-order valence-electron chi connectivity index (χ2n) is 4.77. The maximum Gasteiger partial charge on any atom is 0.275 e. The molecule has 2 aromatic heterocycles. The van der Waals surface area contributed by atoms with E-state index in [1.807, 2.05) is 48.9 Å². The van der Waals surface area contributed by atoms with Gasteiger partial charge in [0.2, 0.25) is 0 Å². The van der Waals surface area contributed by atoms with Gasteiger partial charge >= 0.3 is 0 Å². The summed E-state index contributed by atoms with van der Waals surface area (Å²) in [6.07, 6.45) is 0. The van der Waals surface area contributed by atoms with E-state index in [-0.39, 0.29) is 5.91 Å². The minimum Gasteiger partial charge on any atom is -0.320 e. The van der Waals surface area contributed by atoms with Crippen LogP contribution in [0, 0.1) is 13.8 Å². The molecule has 106 valence electrons. The topological polar surface area (TPSA) is 42.0 Å². The molecule has 1 aromatic carbocycles. The second kappa shape index (κ2) is 5.79.